The van der Waals surface area contributed by atoms with Crippen LogP contribution in [0, 0.1) is 12.7 Å². The van der Waals surface area contributed by atoms with Gasteiger partial charge in [0.05, 0.1) is 10.6 Å². The van der Waals surface area contributed by atoms with Gasteiger partial charge in [-0.2, -0.15) is 0 Å². The van der Waals surface area contributed by atoms with Gasteiger partial charge in [0.2, 0.25) is 0 Å². The van der Waals surface area contributed by atoms with Gasteiger partial charge >= 0.3 is 0 Å². The molecule has 146 valence electrons. The Balaban J connectivity index is 1.28. The van der Waals surface area contributed by atoms with Gasteiger partial charge in [-0.1, -0.05) is 18.2 Å². The van der Waals surface area contributed by atoms with Crippen LogP contribution in [-0.2, 0) is 13.0 Å². The van der Waals surface area contributed by atoms with E-state index in [1.54, 1.807) is 23.5 Å². The van der Waals surface area contributed by atoms with E-state index in [4.69, 9.17) is 0 Å². The third-order valence-electron chi connectivity index (χ3n) is 5.13. The first-order valence-electron chi connectivity index (χ1n) is 9.73. The van der Waals surface area contributed by atoms with E-state index in [1.807, 2.05) is 19.1 Å². The Labute approximate surface area is 169 Å². The molecule has 0 amide bonds. The van der Waals surface area contributed by atoms with Crippen molar-refractivity contribution >= 4 is 11.3 Å². The number of halogens is 1. The fraction of sp³-hybridized carbons (Fsp3) is 0.364. The quantitative estimate of drug-likeness (QED) is 0.630. The number of aromatic nitrogens is 2. The third-order valence-corrected chi connectivity index (χ3v) is 6.03. The number of piperazine rings is 1. The molecule has 1 saturated heterocycles. The maximum absolute atomic E-state index is 13.0. The normalized spacial score (nSPS) is 15.8. The third kappa shape index (κ3) is 5.01. The van der Waals surface area contributed by atoms with Crippen molar-refractivity contribution in [3.05, 3.63) is 70.7 Å². The van der Waals surface area contributed by atoms with E-state index in [1.165, 1.54) is 10.4 Å². The van der Waals surface area contributed by atoms with Gasteiger partial charge in [0.25, 0.3) is 0 Å². The van der Waals surface area contributed by atoms with Crippen LogP contribution < -0.4 is 0 Å². The second kappa shape index (κ2) is 8.90. The number of hydrogen-bond donors (Lipinski definition) is 0. The fourth-order valence-electron chi connectivity index (χ4n) is 3.60. The van der Waals surface area contributed by atoms with Crippen LogP contribution in [0.1, 0.15) is 17.1 Å². The Morgan fingerprint density at radius 1 is 1.00 bits per heavy atom. The van der Waals surface area contributed by atoms with Crippen LogP contribution in [0.5, 0.6) is 0 Å². The highest BCUT2D eigenvalue weighted by Crippen LogP contribution is 2.23. The summed E-state index contributed by atoms with van der Waals surface area (Å²) in [5.74, 6) is 0.667. The molecular weight excluding hydrogens is 371 g/mol. The second-order valence-electron chi connectivity index (χ2n) is 7.26. The van der Waals surface area contributed by atoms with Crippen molar-refractivity contribution in [1.29, 1.82) is 0 Å². The first-order valence-corrected chi connectivity index (χ1v) is 10.6. The molecule has 0 radical (unpaired) electrons. The summed E-state index contributed by atoms with van der Waals surface area (Å²) < 4.78 is 13.0. The summed E-state index contributed by atoms with van der Waals surface area (Å²) in [6.45, 7) is 8.08. The Morgan fingerprint density at radius 3 is 2.46 bits per heavy atom. The number of thiophene rings is 1. The highest BCUT2D eigenvalue weighted by atomic mass is 32.1. The number of hydrogen-bond acceptors (Lipinski definition) is 5. The Morgan fingerprint density at radius 2 is 1.75 bits per heavy atom. The van der Waals surface area contributed by atoms with Crippen molar-refractivity contribution in [2.45, 2.75) is 19.9 Å². The zero-order valence-electron chi connectivity index (χ0n) is 16.1. The maximum atomic E-state index is 13.0. The van der Waals surface area contributed by atoms with Gasteiger partial charge in [0.1, 0.15) is 11.6 Å². The maximum Gasteiger partial charge on any atom is 0.126 e. The van der Waals surface area contributed by atoms with Crippen molar-refractivity contribution in [2.75, 3.05) is 32.7 Å². The number of rotatable bonds is 6. The molecule has 0 spiro atoms. The highest BCUT2D eigenvalue weighted by Gasteiger charge is 2.17. The Bertz CT molecular complexity index is 887. The molecule has 2 aromatic heterocycles. The lowest BCUT2D eigenvalue weighted by atomic mass is 10.2. The van der Waals surface area contributed by atoms with Crippen molar-refractivity contribution in [1.82, 2.24) is 19.8 Å². The number of benzene rings is 1. The average molecular weight is 397 g/mol. The Hall–Kier alpha value is -2.15. The monoisotopic (exact) mass is 396 g/mol. The highest BCUT2D eigenvalue weighted by molar-refractivity contribution is 7.13. The lowest BCUT2D eigenvalue weighted by Crippen LogP contribution is -2.46. The first-order chi connectivity index (χ1) is 13.7. The van der Waals surface area contributed by atoms with Crippen molar-refractivity contribution < 1.29 is 4.39 Å². The molecule has 1 aliphatic rings. The molecule has 0 N–H and O–H groups in total. The predicted molar refractivity (Wildman–Crippen MR) is 112 cm³/mol. The van der Waals surface area contributed by atoms with E-state index >= 15 is 0 Å². The van der Waals surface area contributed by atoms with Crippen LogP contribution in [0.15, 0.2) is 47.8 Å². The SMILES string of the molecule is Cc1nc(CCN2CCN(Cc3ccc(F)cc3)CC2)cc(-c2cccs2)n1. The zero-order chi connectivity index (χ0) is 19.3. The van der Waals surface area contributed by atoms with Crippen LogP contribution in [0.25, 0.3) is 10.6 Å². The minimum absolute atomic E-state index is 0.171. The van der Waals surface area contributed by atoms with E-state index in [-0.39, 0.29) is 5.82 Å². The molecule has 1 aliphatic heterocycles. The fourth-order valence-corrected chi connectivity index (χ4v) is 4.29. The minimum Gasteiger partial charge on any atom is -0.300 e. The second-order valence-corrected chi connectivity index (χ2v) is 8.21. The van der Waals surface area contributed by atoms with Crippen molar-refractivity contribution in [3.63, 3.8) is 0 Å². The number of aryl methyl sites for hydroxylation is 1. The molecule has 3 heterocycles. The van der Waals surface area contributed by atoms with Gasteiger partial charge in [-0.05, 0) is 42.1 Å². The molecule has 4 rings (SSSR count). The van der Waals surface area contributed by atoms with Crippen LogP contribution in [-0.4, -0.2) is 52.5 Å². The summed E-state index contributed by atoms with van der Waals surface area (Å²) >= 11 is 1.71. The molecule has 0 saturated carbocycles. The summed E-state index contributed by atoms with van der Waals surface area (Å²) in [4.78, 5) is 15.4. The van der Waals surface area contributed by atoms with Gasteiger partial charge in [0, 0.05) is 51.4 Å². The smallest absolute Gasteiger partial charge is 0.126 e. The molecular formula is C22H25FN4S. The molecule has 4 nitrogen and oxygen atoms in total. The minimum atomic E-state index is -0.171. The number of nitrogens with zero attached hydrogens (tertiary/aromatic N) is 4. The van der Waals surface area contributed by atoms with Gasteiger partial charge in [-0.25, -0.2) is 14.4 Å². The van der Waals surface area contributed by atoms with E-state index in [9.17, 15) is 4.39 Å². The van der Waals surface area contributed by atoms with Gasteiger partial charge in [-0.15, -0.1) is 11.3 Å². The summed E-state index contributed by atoms with van der Waals surface area (Å²) in [5.41, 5.74) is 3.32. The summed E-state index contributed by atoms with van der Waals surface area (Å²) in [6, 6.07) is 13.1. The van der Waals surface area contributed by atoms with E-state index < -0.39 is 0 Å². The molecule has 1 aromatic carbocycles. The van der Waals surface area contributed by atoms with Crippen molar-refractivity contribution in [3.8, 4) is 10.6 Å². The summed E-state index contributed by atoms with van der Waals surface area (Å²) in [5, 5.41) is 2.08. The Kier molecular flexibility index (Phi) is 6.10. The lowest BCUT2D eigenvalue weighted by molar-refractivity contribution is 0.128. The summed E-state index contributed by atoms with van der Waals surface area (Å²) in [6.07, 6.45) is 0.944. The molecule has 0 atom stereocenters. The molecule has 3 aromatic rings. The zero-order valence-corrected chi connectivity index (χ0v) is 17.0. The molecule has 1 fully saturated rings. The molecule has 28 heavy (non-hydrogen) atoms. The largest absolute Gasteiger partial charge is 0.300 e. The van der Waals surface area contributed by atoms with Crippen LogP contribution in [0.3, 0.4) is 0 Å². The van der Waals surface area contributed by atoms with Crippen LogP contribution >= 0.6 is 11.3 Å². The standard InChI is InChI=1S/C22H25FN4S/c1-17-24-20(15-21(25-17)22-3-2-14-28-22)8-9-26-10-12-27(13-11-26)16-18-4-6-19(23)7-5-18/h2-7,14-15H,8-13,16H2,1H3. The molecule has 0 bridgehead atoms. The van der Waals surface area contributed by atoms with E-state index in [0.29, 0.717) is 0 Å². The van der Waals surface area contributed by atoms with Crippen molar-refractivity contribution in [2.24, 2.45) is 0 Å². The summed E-state index contributed by atoms with van der Waals surface area (Å²) in [7, 11) is 0. The topological polar surface area (TPSA) is 32.3 Å². The van der Waals surface area contributed by atoms with E-state index in [0.717, 1.165) is 62.9 Å². The van der Waals surface area contributed by atoms with Gasteiger partial charge in [-0.3, -0.25) is 4.90 Å². The lowest BCUT2D eigenvalue weighted by Gasteiger charge is -2.34. The van der Waals surface area contributed by atoms with Gasteiger partial charge in [0.15, 0.2) is 0 Å². The molecule has 6 heteroatoms. The molecule has 0 aliphatic carbocycles. The van der Waals surface area contributed by atoms with Crippen LogP contribution in [0.2, 0.25) is 0 Å². The van der Waals surface area contributed by atoms with E-state index in [2.05, 4.69) is 43.3 Å². The first kappa shape index (κ1) is 19.2. The van der Waals surface area contributed by atoms with Gasteiger partial charge < -0.3 is 4.90 Å². The van der Waals surface area contributed by atoms with Crippen LogP contribution in [0.4, 0.5) is 4.39 Å². The predicted octanol–water partition coefficient (Wildman–Crippen LogP) is 4.01. The average Bonchev–Trinajstić information content (AvgIpc) is 3.24. The molecule has 0 unspecified atom stereocenters.